The highest BCUT2D eigenvalue weighted by Gasteiger charge is 2.26. The van der Waals surface area contributed by atoms with E-state index < -0.39 is 0 Å². The second-order valence-electron chi connectivity index (χ2n) is 5.87. The first-order valence-corrected chi connectivity index (χ1v) is 7.60. The van der Waals surface area contributed by atoms with Crippen molar-refractivity contribution in [2.24, 2.45) is 5.92 Å². The molecule has 2 aliphatic rings. The third-order valence-corrected chi connectivity index (χ3v) is 4.35. The number of benzene rings is 1. The molecule has 1 amide bonds. The third kappa shape index (κ3) is 2.80. The molecule has 0 saturated carbocycles. The summed E-state index contributed by atoms with van der Waals surface area (Å²) in [5.41, 5.74) is 2.47. The fourth-order valence-electron chi connectivity index (χ4n) is 2.85. The lowest BCUT2D eigenvalue weighted by molar-refractivity contribution is -0.127. The van der Waals surface area contributed by atoms with Crippen LogP contribution in [0.15, 0.2) is 24.3 Å². The molecule has 1 aromatic carbocycles. The van der Waals surface area contributed by atoms with E-state index in [0.717, 1.165) is 26.2 Å². The van der Waals surface area contributed by atoms with Crippen LogP contribution in [0, 0.1) is 5.92 Å². The van der Waals surface area contributed by atoms with Crippen LogP contribution < -0.4 is 15.5 Å². The van der Waals surface area contributed by atoms with Gasteiger partial charge in [-0.25, -0.2) is 0 Å². The maximum atomic E-state index is 12.0. The number of hydrogen-bond donors (Lipinski definition) is 2. The van der Waals surface area contributed by atoms with Crippen molar-refractivity contribution < 1.29 is 4.79 Å². The van der Waals surface area contributed by atoms with Gasteiger partial charge in [0.2, 0.25) is 5.91 Å². The molecule has 2 heterocycles. The first-order chi connectivity index (χ1) is 9.74. The molecule has 2 fully saturated rings. The van der Waals surface area contributed by atoms with Crippen LogP contribution in [0.3, 0.4) is 0 Å². The summed E-state index contributed by atoms with van der Waals surface area (Å²) in [6.07, 6.45) is 2.57. The topological polar surface area (TPSA) is 44.4 Å². The van der Waals surface area contributed by atoms with E-state index in [-0.39, 0.29) is 17.9 Å². The third-order valence-electron chi connectivity index (χ3n) is 4.35. The second kappa shape index (κ2) is 5.83. The molecule has 2 saturated heterocycles. The number of carbonyl (C=O) groups excluding carboxylic acids is 1. The smallest absolute Gasteiger partial charge is 0.226 e. The Morgan fingerprint density at radius 2 is 2.10 bits per heavy atom. The Morgan fingerprint density at radius 3 is 2.75 bits per heavy atom. The maximum absolute atomic E-state index is 12.0. The van der Waals surface area contributed by atoms with Gasteiger partial charge in [0.1, 0.15) is 0 Å². The van der Waals surface area contributed by atoms with E-state index in [1.165, 1.54) is 24.1 Å². The maximum Gasteiger partial charge on any atom is 0.226 e. The predicted octanol–water partition coefficient (Wildman–Crippen LogP) is 1.68. The molecule has 0 aromatic heterocycles. The average molecular weight is 273 g/mol. The van der Waals surface area contributed by atoms with Gasteiger partial charge in [0.05, 0.1) is 12.0 Å². The number of nitrogens with one attached hydrogen (secondary N) is 2. The van der Waals surface area contributed by atoms with Gasteiger partial charge < -0.3 is 15.5 Å². The first kappa shape index (κ1) is 13.4. The largest absolute Gasteiger partial charge is 0.372 e. The molecule has 108 valence electrons. The van der Waals surface area contributed by atoms with Crippen LogP contribution in [-0.2, 0) is 4.79 Å². The Hall–Kier alpha value is -1.55. The van der Waals surface area contributed by atoms with Crippen LogP contribution in [0.4, 0.5) is 5.69 Å². The molecule has 4 heteroatoms. The van der Waals surface area contributed by atoms with Crippen molar-refractivity contribution in [3.63, 3.8) is 0 Å². The Morgan fingerprint density at radius 1 is 1.35 bits per heavy atom. The standard InChI is InChI=1S/C16H23N3O/c1-12(18-16(20)14-10-17-11-14)13-5-4-6-15(9-13)19-7-2-3-8-19/h4-6,9,12,14,17H,2-3,7-8,10-11H2,1H3,(H,18,20). The summed E-state index contributed by atoms with van der Waals surface area (Å²) in [4.78, 5) is 14.4. The monoisotopic (exact) mass is 273 g/mol. The molecule has 0 radical (unpaired) electrons. The fraction of sp³-hybridized carbons (Fsp3) is 0.562. The normalized spacial score (nSPS) is 20.6. The zero-order chi connectivity index (χ0) is 13.9. The van der Waals surface area contributed by atoms with Gasteiger partial charge in [-0.05, 0) is 37.5 Å². The van der Waals surface area contributed by atoms with Crippen LogP contribution in [0.2, 0.25) is 0 Å². The SMILES string of the molecule is CC(NC(=O)C1CNC1)c1cccc(N2CCCC2)c1. The fourth-order valence-corrected chi connectivity index (χ4v) is 2.85. The molecule has 20 heavy (non-hydrogen) atoms. The molecule has 2 N–H and O–H groups in total. The van der Waals surface area contributed by atoms with E-state index >= 15 is 0 Å². The highest BCUT2D eigenvalue weighted by molar-refractivity contribution is 5.80. The van der Waals surface area contributed by atoms with E-state index in [2.05, 4.69) is 46.7 Å². The van der Waals surface area contributed by atoms with Gasteiger partial charge in [0.25, 0.3) is 0 Å². The van der Waals surface area contributed by atoms with Crippen LogP contribution in [0.1, 0.15) is 31.4 Å². The van der Waals surface area contributed by atoms with Crippen molar-refractivity contribution >= 4 is 11.6 Å². The molecule has 2 aliphatic heterocycles. The Balaban J connectivity index is 1.65. The van der Waals surface area contributed by atoms with Crippen LogP contribution in [0.5, 0.6) is 0 Å². The molecular formula is C16H23N3O. The van der Waals surface area contributed by atoms with Crippen molar-refractivity contribution in [2.75, 3.05) is 31.1 Å². The van der Waals surface area contributed by atoms with E-state index in [9.17, 15) is 4.79 Å². The number of rotatable bonds is 4. The Kier molecular flexibility index (Phi) is 3.92. The van der Waals surface area contributed by atoms with E-state index in [0.29, 0.717) is 0 Å². The summed E-state index contributed by atoms with van der Waals surface area (Å²) < 4.78 is 0. The summed E-state index contributed by atoms with van der Waals surface area (Å²) in [6.45, 7) is 5.99. The molecule has 1 unspecified atom stereocenters. The van der Waals surface area contributed by atoms with E-state index in [1.807, 2.05) is 0 Å². The second-order valence-corrected chi connectivity index (χ2v) is 5.87. The summed E-state index contributed by atoms with van der Waals surface area (Å²) >= 11 is 0. The quantitative estimate of drug-likeness (QED) is 0.877. The zero-order valence-electron chi connectivity index (χ0n) is 12.1. The number of carbonyl (C=O) groups is 1. The van der Waals surface area contributed by atoms with Crippen molar-refractivity contribution in [3.05, 3.63) is 29.8 Å². The van der Waals surface area contributed by atoms with Gasteiger partial charge in [0, 0.05) is 31.9 Å². The van der Waals surface area contributed by atoms with Crippen LogP contribution >= 0.6 is 0 Å². The summed E-state index contributed by atoms with van der Waals surface area (Å²) in [5.74, 6) is 0.321. The summed E-state index contributed by atoms with van der Waals surface area (Å²) in [6, 6.07) is 8.65. The lowest BCUT2D eigenvalue weighted by Gasteiger charge is -2.28. The van der Waals surface area contributed by atoms with E-state index in [4.69, 9.17) is 0 Å². The molecular weight excluding hydrogens is 250 g/mol. The molecule has 0 bridgehead atoms. The summed E-state index contributed by atoms with van der Waals surface area (Å²) in [7, 11) is 0. The van der Waals surface area contributed by atoms with Crippen molar-refractivity contribution in [1.29, 1.82) is 0 Å². The van der Waals surface area contributed by atoms with Crippen LogP contribution in [-0.4, -0.2) is 32.1 Å². The molecule has 0 spiro atoms. The molecule has 0 aliphatic carbocycles. The number of anilines is 1. The number of amides is 1. The number of nitrogens with zero attached hydrogens (tertiary/aromatic N) is 1. The van der Waals surface area contributed by atoms with Gasteiger partial charge >= 0.3 is 0 Å². The minimum absolute atomic E-state index is 0.0747. The summed E-state index contributed by atoms with van der Waals surface area (Å²) in [5, 5.41) is 6.25. The van der Waals surface area contributed by atoms with Gasteiger partial charge in [-0.3, -0.25) is 4.79 Å². The lowest BCUT2D eigenvalue weighted by atomic mass is 10.0. The zero-order valence-corrected chi connectivity index (χ0v) is 12.1. The van der Waals surface area contributed by atoms with Crippen molar-refractivity contribution in [3.8, 4) is 0 Å². The lowest BCUT2D eigenvalue weighted by Crippen LogP contribution is -2.51. The highest BCUT2D eigenvalue weighted by atomic mass is 16.2. The van der Waals surface area contributed by atoms with Gasteiger partial charge in [-0.2, -0.15) is 0 Å². The Bertz CT molecular complexity index is 478. The van der Waals surface area contributed by atoms with Gasteiger partial charge in [-0.1, -0.05) is 12.1 Å². The molecule has 1 aromatic rings. The minimum atomic E-state index is 0.0747. The Labute approximate surface area is 120 Å². The van der Waals surface area contributed by atoms with Gasteiger partial charge in [0.15, 0.2) is 0 Å². The molecule has 3 rings (SSSR count). The van der Waals surface area contributed by atoms with Crippen molar-refractivity contribution in [2.45, 2.75) is 25.8 Å². The highest BCUT2D eigenvalue weighted by Crippen LogP contribution is 2.24. The van der Waals surface area contributed by atoms with Crippen molar-refractivity contribution in [1.82, 2.24) is 10.6 Å². The first-order valence-electron chi connectivity index (χ1n) is 7.60. The van der Waals surface area contributed by atoms with E-state index in [1.54, 1.807) is 0 Å². The average Bonchev–Trinajstić information content (AvgIpc) is 2.90. The van der Waals surface area contributed by atoms with Gasteiger partial charge in [-0.15, -0.1) is 0 Å². The predicted molar refractivity (Wildman–Crippen MR) is 80.8 cm³/mol. The molecule has 1 atom stereocenters. The minimum Gasteiger partial charge on any atom is -0.372 e. The van der Waals surface area contributed by atoms with Crippen LogP contribution in [0.25, 0.3) is 0 Å². The number of hydrogen-bond acceptors (Lipinski definition) is 3. The molecule has 4 nitrogen and oxygen atoms in total.